The Bertz CT molecular complexity index is 2100. The van der Waals surface area contributed by atoms with Crippen molar-refractivity contribution in [2.24, 2.45) is 0 Å². The van der Waals surface area contributed by atoms with Crippen LogP contribution in [0.15, 0.2) is 124 Å². The van der Waals surface area contributed by atoms with Gasteiger partial charge < -0.3 is 18.9 Å². The second kappa shape index (κ2) is 12.8. The first-order valence-electron chi connectivity index (χ1n) is 13.3. The Balaban J connectivity index is 1.32. The van der Waals surface area contributed by atoms with E-state index in [9.17, 15) is 21.4 Å². The smallest absolute Gasteiger partial charge is 0.298 e. The van der Waals surface area contributed by atoms with Crippen molar-refractivity contribution >= 4 is 20.0 Å². The van der Waals surface area contributed by atoms with Crippen LogP contribution in [0, 0.1) is 19.3 Å². The van der Waals surface area contributed by atoms with Gasteiger partial charge in [0.2, 0.25) is 9.84 Å². The van der Waals surface area contributed by atoms with Crippen molar-refractivity contribution in [3.05, 3.63) is 120 Å². The summed E-state index contributed by atoms with van der Waals surface area (Å²) < 4.78 is 83.2. The van der Waals surface area contributed by atoms with Crippen LogP contribution in [-0.2, 0) is 20.0 Å². The number of terminal acetylenes is 1. The standard InChI is InChI=1S/C34H26O9S2/c1-4-24-19-23(2)20-30(21-24)42-29-13-18-33(34(22-29)45(37,38)39)43-28-11-16-32(17-12-28)44(35,36)31-14-9-27(10-15-31)41-26-7-5-25(40-3)6-8-26/h1,5-22H,2-3H3,(H,37,38,39). The average Bonchev–Trinajstić information content (AvgIpc) is 3.02. The molecule has 11 heteroatoms. The molecule has 228 valence electrons. The lowest BCUT2D eigenvalue weighted by Crippen LogP contribution is -2.03. The van der Waals surface area contributed by atoms with Crippen LogP contribution in [0.4, 0.5) is 0 Å². The predicted octanol–water partition coefficient (Wildman–Crippen LogP) is 7.44. The van der Waals surface area contributed by atoms with Crippen molar-refractivity contribution in [3.8, 4) is 52.6 Å². The van der Waals surface area contributed by atoms with E-state index in [2.05, 4.69) is 5.92 Å². The predicted molar refractivity (Wildman–Crippen MR) is 167 cm³/mol. The highest BCUT2D eigenvalue weighted by Crippen LogP contribution is 2.35. The number of methoxy groups -OCH3 is 1. The second-order valence-electron chi connectivity index (χ2n) is 9.69. The molecule has 0 amide bonds. The van der Waals surface area contributed by atoms with Gasteiger partial charge in [0.1, 0.15) is 45.1 Å². The highest BCUT2D eigenvalue weighted by molar-refractivity contribution is 7.91. The number of aryl methyl sites for hydroxylation is 1. The molecule has 0 saturated carbocycles. The minimum Gasteiger partial charge on any atom is -0.497 e. The van der Waals surface area contributed by atoms with Crippen molar-refractivity contribution < 1.29 is 40.3 Å². The molecule has 9 nitrogen and oxygen atoms in total. The lowest BCUT2D eigenvalue weighted by Gasteiger charge is -2.13. The van der Waals surface area contributed by atoms with Crippen LogP contribution < -0.4 is 18.9 Å². The zero-order valence-electron chi connectivity index (χ0n) is 24.0. The maximum Gasteiger partial charge on any atom is 0.298 e. The maximum absolute atomic E-state index is 13.2. The molecule has 45 heavy (non-hydrogen) atoms. The van der Waals surface area contributed by atoms with Crippen LogP contribution in [0.2, 0.25) is 0 Å². The molecule has 5 rings (SSSR count). The van der Waals surface area contributed by atoms with E-state index in [-0.39, 0.29) is 27.0 Å². The minimum atomic E-state index is -4.73. The van der Waals surface area contributed by atoms with Crippen LogP contribution in [0.3, 0.4) is 0 Å². The Morgan fingerprint density at radius 3 is 1.62 bits per heavy atom. The van der Waals surface area contributed by atoms with Crippen LogP contribution in [0.1, 0.15) is 11.1 Å². The average molecular weight is 643 g/mol. The van der Waals surface area contributed by atoms with Crippen molar-refractivity contribution in [1.29, 1.82) is 0 Å². The van der Waals surface area contributed by atoms with Gasteiger partial charge in [-0.3, -0.25) is 4.55 Å². The Labute approximate surface area is 261 Å². The summed E-state index contributed by atoms with van der Waals surface area (Å²) in [6.45, 7) is 1.83. The summed E-state index contributed by atoms with van der Waals surface area (Å²) in [6, 6.07) is 27.4. The van der Waals surface area contributed by atoms with E-state index in [4.69, 9.17) is 25.4 Å². The van der Waals surface area contributed by atoms with Gasteiger partial charge in [-0.05, 0) is 116 Å². The molecule has 0 spiro atoms. The first kappa shape index (κ1) is 31.2. The number of hydrogen-bond donors (Lipinski definition) is 1. The highest BCUT2D eigenvalue weighted by atomic mass is 32.2. The third kappa shape index (κ3) is 7.45. The van der Waals surface area contributed by atoms with E-state index in [1.54, 1.807) is 61.7 Å². The van der Waals surface area contributed by atoms with E-state index in [0.717, 1.165) is 11.6 Å². The fourth-order valence-electron chi connectivity index (χ4n) is 4.28. The topological polar surface area (TPSA) is 125 Å². The summed E-state index contributed by atoms with van der Waals surface area (Å²) in [5.41, 5.74) is 1.43. The molecule has 0 aromatic heterocycles. The lowest BCUT2D eigenvalue weighted by atomic mass is 10.1. The van der Waals surface area contributed by atoms with Crippen molar-refractivity contribution in [2.45, 2.75) is 21.6 Å². The molecule has 5 aromatic carbocycles. The van der Waals surface area contributed by atoms with Crippen LogP contribution in [-0.4, -0.2) is 28.5 Å². The van der Waals surface area contributed by atoms with E-state index in [1.165, 1.54) is 48.5 Å². The third-order valence-corrected chi connectivity index (χ3v) is 9.10. The van der Waals surface area contributed by atoms with Gasteiger partial charge in [0.15, 0.2) is 0 Å². The monoisotopic (exact) mass is 642 g/mol. The van der Waals surface area contributed by atoms with Gasteiger partial charge in [0.05, 0.1) is 16.9 Å². The zero-order chi connectivity index (χ0) is 32.2. The number of benzene rings is 5. The fraction of sp³-hybridized carbons (Fsp3) is 0.0588. The fourth-order valence-corrected chi connectivity index (χ4v) is 6.17. The molecule has 5 aromatic rings. The normalized spacial score (nSPS) is 11.3. The molecule has 0 bridgehead atoms. The maximum atomic E-state index is 13.2. The SMILES string of the molecule is C#Cc1cc(C)cc(Oc2ccc(Oc3ccc(S(=O)(=O)c4ccc(Oc5ccc(OC)cc5)cc4)cc3)c(S(=O)(=O)O)c2)c1. The van der Waals surface area contributed by atoms with Crippen molar-refractivity contribution in [2.75, 3.05) is 7.11 Å². The van der Waals surface area contributed by atoms with E-state index < -0.39 is 24.9 Å². The van der Waals surface area contributed by atoms with Gasteiger partial charge in [-0.2, -0.15) is 8.42 Å². The molecule has 0 heterocycles. The Hall–Kier alpha value is -5.28. The quantitative estimate of drug-likeness (QED) is 0.122. The Kier molecular flexibility index (Phi) is 8.83. The van der Waals surface area contributed by atoms with Crippen molar-refractivity contribution in [1.82, 2.24) is 0 Å². The van der Waals surface area contributed by atoms with E-state index >= 15 is 0 Å². The molecule has 0 radical (unpaired) electrons. The molecule has 1 N–H and O–H groups in total. The van der Waals surface area contributed by atoms with Gasteiger partial charge in [-0.1, -0.05) is 5.92 Å². The largest absolute Gasteiger partial charge is 0.497 e. The summed E-state index contributed by atoms with van der Waals surface area (Å²) in [6.07, 6.45) is 5.48. The highest BCUT2D eigenvalue weighted by Gasteiger charge is 2.21. The molecule has 0 unspecified atom stereocenters. The number of rotatable bonds is 10. The summed E-state index contributed by atoms with van der Waals surface area (Å²) in [5.74, 6) is 4.65. The molecule has 0 aliphatic heterocycles. The molecule has 0 fully saturated rings. The van der Waals surface area contributed by atoms with Gasteiger partial charge in [0, 0.05) is 11.6 Å². The molecule has 0 atom stereocenters. The molecule has 0 aliphatic carbocycles. The second-order valence-corrected chi connectivity index (χ2v) is 13.0. The molecule has 0 aliphatic rings. The molecule has 0 saturated heterocycles. The van der Waals surface area contributed by atoms with E-state index in [0.29, 0.717) is 28.6 Å². The van der Waals surface area contributed by atoms with Gasteiger partial charge in [-0.15, -0.1) is 6.42 Å². The summed E-state index contributed by atoms with van der Waals surface area (Å²) in [5, 5.41) is 0. The van der Waals surface area contributed by atoms with Gasteiger partial charge >= 0.3 is 0 Å². The van der Waals surface area contributed by atoms with Crippen LogP contribution in [0.25, 0.3) is 0 Å². The summed E-state index contributed by atoms with van der Waals surface area (Å²) in [7, 11) is -7.06. The lowest BCUT2D eigenvalue weighted by molar-refractivity contribution is 0.413. The van der Waals surface area contributed by atoms with Gasteiger partial charge in [-0.25, -0.2) is 8.42 Å². The minimum absolute atomic E-state index is 0.0121. The Morgan fingerprint density at radius 1 is 0.600 bits per heavy atom. The molecular weight excluding hydrogens is 616 g/mol. The van der Waals surface area contributed by atoms with Crippen LogP contribution >= 0.6 is 0 Å². The first-order valence-corrected chi connectivity index (χ1v) is 16.2. The third-order valence-electron chi connectivity index (χ3n) is 6.44. The number of hydrogen-bond acceptors (Lipinski definition) is 8. The number of sulfone groups is 1. The summed E-state index contributed by atoms with van der Waals surface area (Å²) in [4.78, 5) is -0.508. The molecular formula is C34H26O9S2. The number of ether oxygens (including phenoxy) is 4. The van der Waals surface area contributed by atoms with E-state index in [1.807, 2.05) is 6.92 Å². The first-order chi connectivity index (χ1) is 21.4. The van der Waals surface area contributed by atoms with Crippen molar-refractivity contribution in [3.63, 3.8) is 0 Å². The summed E-state index contributed by atoms with van der Waals surface area (Å²) >= 11 is 0. The Morgan fingerprint density at radius 2 is 1.09 bits per heavy atom. The van der Waals surface area contributed by atoms with Gasteiger partial charge in [0.25, 0.3) is 10.1 Å². The van der Waals surface area contributed by atoms with Crippen LogP contribution in [0.5, 0.6) is 40.2 Å². The zero-order valence-corrected chi connectivity index (χ0v) is 25.6.